The van der Waals surface area contributed by atoms with Crippen molar-refractivity contribution >= 4 is 72.0 Å². The second-order valence-electron chi connectivity index (χ2n) is 25.4. The molecular formula is C91H84Ir5N5O6S-5. The predicted octanol–water partition coefficient (Wildman–Crippen LogP) is 22.9. The largest absolute Gasteiger partial charge is 0.512 e. The molecule has 14 aromatic rings. The van der Waals surface area contributed by atoms with Crippen molar-refractivity contribution in [1.29, 1.82) is 0 Å². The Morgan fingerprint density at radius 1 is 0.380 bits per heavy atom. The van der Waals surface area contributed by atoms with E-state index in [2.05, 4.69) is 106 Å². The second-order valence-corrected chi connectivity index (χ2v) is 26.3. The number of pyridine rings is 5. The summed E-state index contributed by atoms with van der Waals surface area (Å²) in [6.45, 7) is 18.9. The Balaban J connectivity index is 0.000000423. The van der Waals surface area contributed by atoms with Crippen molar-refractivity contribution in [2.24, 2.45) is 10.8 Å². The van der Waals surface area contributed by atoms with Crippen LogP contribution in [0.25, 0.3) is 99.0 Å². The van der Waals surface area contributed by atoms with Gasteiger partial charge in [-0.2, -0.15) is 12.1 Å². The Kier molecular flexibility index (Phi) is 43.4. The number of thiophene rings is 1. The van der Waals surface area contributed by atoms with Gasteiger partial charge in [0.25, 0.3) is 0 Å². The molecule has 0 aliphatic heterocycles. The van der Waals surface area contributed by atoms with Crippen LogP contribution in [0.2, 0.25) is 0 Å². The van der Waals surface area contributed by atoms with Gasteiger partial charge in [-0.25, -0.2) is 11.3 Å². The van der Waals surface area contributed by atoms with Gasteiger partial charge in [0.1, 0.15) is 5.76 Å². The first kappa shape index (κ1) is 95.2. The van der Waals surface area contributed by atoms with Crippen LogP contribution in [0, 0.1) is 48.1 Å². The van der Waals surface area contributed by atoms with E-state index in [4.69, 9.17) is 15.2 Å². The van der Waals surface area contributed by atoms with Gasteiger partial charge in [-0.1, -0.05) is 167 Å². The van der Waals surface area contributed by atoms with Crippen LogP contribution in [0.1, 0.15) is 74.8 Å². The van der Waals surface area contributed by atoms with Gasteiger partial charge in [-0.3, -0.25) is 24.4 Å². The number of aromatic nitrogens is 5. The molecule has 17 heteroatoms. The molecule has 0 bridgehead atoms. The number of carbonyl (C=O) groups is 3. The van der Waals surface area contributed by atoms with Crippen LogP contribution >= 0.6 is 11.3 Å². The number of hydrogen-bond donors (Lipinski definition) is 3. The standard InChI is InChI=1S/C16H12N.3C15H10N.C11H20O2.C9H6NS.2C5H8O2.5Ir/c1-12-11-14-9-5-6-10-15(14)17-16(12)13-7-3-2-4-8-13;2*1-2-7-13(8-3-1)15-14-9-5-4-6-12(14)10-11-16-15;1-2-6-12(7-3-1)15-11-10-13-8-4-5-9-14(13)16-15;1-10(2,3)8(12)7-9(13)11(4,5)6;1-2-6-10-8(4-1)9-5-3-7-11-9;2*1-4(6)3-5(2)7;;;;;/h2-7,9-11H,1H3;2*1-7,9-11H;1-6,8-11H;7,12H,1-6H3;1-4,6-7H;2*3,6H,1-2H3;;;;;/q4*-1;;-1;;;;;;;. The molecule has 11 nitrogen and oxygen atoms in total. The summed E-state index contributed by atoms with van der Waals surface area (Å²) in [5, 5.41) is 35.4. The van der Waals surface area contributed by atoms with Gasteiger partial charge >= 0.3 is 0 Å². The topological polar surface area (TPSA) is 176 Å². The monoisotopic (exact) mass is 2340 g/mol. The summed E-state index contributed by atoms with van der Waals surface area (Å²) >= 11 is 1.66. The molecule has 565 valence electrons. The minimum absolute atomic E-state index is 0. The summed E-state index contributed by atoms with van der Waals surface area (Å²) in [7, 11) is 0. The number of hydrogen-bond acceptors (Lipinski definition) is 12. The fourth-order valence-electron chi connectivity index (χ4n) is 9.58. The third-order valence-electron chi connectivity index (χ3n) is 14.7. The average Bonchev–Trinajstić information content (AvgIpc) is 1.05. The van der Waals surface area contributed by atoms with E-state index in [1.807, 2.05) is 260 Å². The Morgan fingerprint density at radius 2 is 0.796 bits per heavy atom. The Hall–Kier alpha value is -8.87. The van der Waals surface area contributed by atoms with E-state index >= 15 is 0 Å². The van der Waals surface area contributed by atoms with Crippen LogP contribution in [-0.4, -0.2) is 57.6 Å². The first-order valence-corrected chi connectivity index (χ1v) is 34.2. The molecular weight excluding hydrogens is 2250 g/mol. The van der Waals surface area contributed by atoms with Gasteiger partial charge in [0, 0.05) is 148 Å². The number of aryl methyl sites for hydroxylation is 1. The molecule has 5 radical (unpaired) electrons. The Morgan fingerprint density at radius 3 is 1.19 bits per heavy atom. The summed E-state index contributed by atoms with van der Waals surface area (Å²) in [6, 6.07) is 98.7. The van der Waals surface area contributed by atoms with Crippen molar-refractivity contribution in [2.45, 2.75) is 76.2 Å². The van der Waals surface area contributed by atoms with E-state index in [0.717, 1.165) is 66.6 Å². The number of allylic oxidation sites excluding steroid dienone is 6. The third-order valence-corrected chi connectivity index (χ3v) is 15.5. The number of ketones is 3. The quantitative estimate of drug-likeness (QED) is 0.0750. The minimum Gasteiger partial charge on any atom is -0.512 e. The molecule has 108 heavy (non-hydrogen) atoms. The van der Waals surface area contributed by atoms with Gasteiger partial charge in [0.05, 0.1) is 22.6 Å². The van der Waals surface area contributed by atoms with Crippen LogP contribution in [0.3, 0.4) is 0 Å². The normalized spacial score (nSPS) is 10.6. The Labute approximate surface area is 707 Å². The molecule has 14 rings (SSSR count). The average molecular weight is 2340 g/mol. The first-order chi connectivity index (χ1) is 49.4. The van der Waals surface area contributed by atoms with Crippen molar-refractivity contribution < 1.29 is 130 Å². The summed E-state index contributed by atoms with van der Waals surface area (Å²) in [6.07, 6.45) is 9.15. The maximum atomic E-state index is 11.5. The summed E-state index contributed by atoms with van der Waals surface area (Å²) in [4.78, 5) is 55.0. The number of rotatable bonds is 8. The van der Waals surface area contributed by atoms with E-state index < -0.39 is 5.41 Å². The van der Waals surface area contributed by atoms with Crippen LogP contribution in [-0.2, 0) is 115 Å². The molecule has 0 saturated heterocycles. The zero-order valence-corrected chi connectivity index (χ0v) is 74.4. The summed E-state index contributed by atoms with van der Waals surface area (Å²) in [5.41, 5.74) is 11.6. The SMILES string of the molecule is CC(=O)C=C(C)O.CC(=O)C=C(C)O.CC(C)(C)C(=O)C=C(O)C(C)(C)C.Cc1cc2ccccc2nc1-c1[c-]cccc1.[Ir].[Ir].[Ir].[Ir].[Ir].[c-]1ccccc1-c1ccc2ccccc2n1.[c-]1ccccc1-c1nccc2ccccc12.[c-]1ccccc1-c1nccc2ccccc12.[c-]1ccsc1-c1ccccn1. The predicted molar refractivity (Wildman–Crippen MR) is 424 cm³/mol. The van der Waals surface area contributed by atoms with E-state index in [1.165, 1.54) is 83.8 Å². The van der Waals surface area contributed by atoms with E-state index in [9.17, 15) is 19.5 Å². The number of benzene rings is 8. The fraction of sp³-hybridized carbons (Fsp3) is 0.143. The minimum atomic E-state index is -0.417. The van der Waals surface area contributed by atoms with Gasteiger partial charge in [-0.05, 0) is 126 Å². The Bertz CT molecular complexity index is 4930. The number of para-hydroxylation sites is 2. The smallest absolute Gasteiger partial charge is 0.164 e. The molecule has 0 saturated carbocycles. The van der Waals surface area contributed by atoms with Crippen LogP contribution in [0.15, 0.2) is 308 Å². The van der Waals surface area contributed by atoms with Gasteiger partial charge in [0.2, 0.25) is 0 Å². The zero-order chi connectivity index (χ0) is 74.2. The maximum Gasteiger partial charge on any atom is 0.164 e. The molecule has 0 aliphatic carbocycles. The molecule has 3 N–H and O–H groups in total. The van der Waals surface area contributed by atoms with Crippen molar-refractivity contribution in [1.82, 2.24) is 24.9 Å². The molecule has 0 spiro atoms. The van der Waals surface area contributed by atoms with Gasteiger partial charge in [0.15, 0.2) is 17.3 Å². The van der Waals surface area contributed by atoms with Crippen LogP contribution in [0.4, 0.5) is 0 Å². The van der Waals surface area contributed by atoms with E-state index in [1.54, 1.807) is 17.5 Å². The molecule has 6 heterocycles. The molecule has 0 aliphatic rings. The van der Waals surface area contributed by atoms with Crippen molar-refractivity contribution in [3.05, 3.63) is 344 Å². The fourth-order valence-corrected chi connectivity index (χ4v) is 10.2. The number of nitrogens with zero attached hydrogens (tertiary/aromatic N) is 5. The molecule has 0 unspecified atom stereocenters. The van der Waals surface area contributed by atoms with Crippen molar-refractivity contribution in [3.63, 3.8) is 0 Å². The second kappa shape index (κ2) is 49.2. The van der Waals surface area contributed by atoms with Gasteiger partial charge < -0.3 is 30.3 Å². The first-order valence-electron chi connectivity index (χ1n) is 33.3. The number of aliphatic hydroxyl groups excluding tert-OH is 3. The van der Waals surface area contributed by atoms with Crippen LogP contribution in [0.5, 0.6) is 0 Å². The molecule has 8 aromatic carbocycles. The third kappa shape index (κ3) is 32.1. The van der Waals surface area contributed by atoms with Gasteiger partial charge in [-0.15, -0.1) is 149 Å². The maximum absolute atomic E-state index is 11.5. The molecule has 6 aromatic heterocycles. The van der Waals surface area contributed by atoms with Crippen molar-refractivity contribution in [2.75, 3.05) is 0 Å². The molecule has 0 amide bonds. The molecule has 0 atom stereocenters. The van der Waals surface area contributed by atoms with Crippen LogP contribution < -0.4 is 0 Å². The molecule has 0 fully saturated rings. The van der Waals surface area contributed by atoms with E-state index in [-0.39, 0.29) is 141 Å². The van der Waals surface area contributed by atoms with Crippen molar-refractivity contribution in [3.8, 4) is 55.6 Å². The summed E-state index contributed by atoms with van der Waals surface area (Å²) in [5.74, 6) is -0.0210. The van der Waals surface area contributed by atoms with E-state index in [0.29, 0.717) is 0 Å². The number of aliphatic hydroxyl groups is 3. The summed E-state index contributed by atoms with van der Waals surface area (Å²) < 4.78 is 0. The number of fused-ring (bicyclic) bond motifs is 4. The zero-order valence-electron chi connectivity index (χ0n) is 61.6. The number of carbonyl (C=O) groups excluding carboxylic acids is 3.